The maximum Gasteiger partial charge on any atom is 0.270 e. The number of aromatic nitrogens is 2. The van der Waals surface area contributed by atoms with Gasteiger partial charge in [0.05, 0.1) is 0 Å². The predicted octanol–water partition coefficient (Wildman–Crippen LogP) is 4.18. The second-order valence-corrected chi connectivity index (χ2v) is 6.37. The van der Waals surface area contributed by atoms with Gasteiger partial charge in [-0.1, -0.05) is 32.9 Å². The Kier molecular flexibility index (Phi) is 5.90. The quantitative estimate of drug-likeness (QED) is 0.835. The number of carbonyl (C=O) groups excluding carboxylic acids is 1. The average Bonchev–Trinajstić information content (AvgIpc) is 2.54. The highest BCUT2D eigenvalue weighted by molar-refractivity contribution is 5.93. The topological polar surface area (TPSA) is 66.9 Å². The summed E-state index contributed by atoms with van der Waals surface area (Å²) in [6.07, 6.45) is 0.878. The molecule has 1 heterocycles. The Labute approximate surface area is 143 Å². The van der Waals surface area contributed by atoms with Gasteiger partial charge in [0.25, 0.3) is 5.91 Å². The van der Waals surface area contributed by atoms with Crippen LogP contribution in [0.1, 0.15) is 61.9 Å². The second-order valence-electron chi connectivity index (χ2n) is 6.37. The van der Waals surface area contributed by atoms with Gasteiger partial charge < -0.3 is 10.6 Å². The van der Waals surface area contributed by atoms with E-state index in [2.05, 4.69) is 46.6 Å². The molecule has 0 spiro atoms. The van der Waals surface area contributed by atoms with Crippen LogP contribution in [0.25, 0.3) is 0 Å². The van der Waals surface area contributed by atoms with Gasteiger partial charge in [-0.25, -0.2) is 9.97 Å². The molecule has 1 amide bonds. The number of hydrogen-bond acceptors (Lipinski definition) is 4. The Morgan fingerprint density at radius 1 is 1.12 bits per heavy atom. The zero-order valence-electron chi connectivity index (χ0n) is 15.1. The van der Waals surface area contributed by atoms with Gasteiger partial charge in [-0.2, -0.15) is 0 Å². The Morgan fingerprint density at radius 2 is 1.79 bits per heavy atom. The molecule has 0 aliphatic carbocycles. The van der Waals surface area contributed by atoms with Gasteiger partial charge in [-0.3, -0.25) is 4.79 Å². The summed E-state index contributed by atoms with van der Waals surface area (Å²) in [5.41, 5.74) is 2.60. The molecule has 1 aromatic carbocycles. The van der Waals surface area contributed by atoms with Crippen molar-refractivity contribution in [2.75, 3.05) is 5.32 Å². The summed E-state index contributed by atoms with van der Waals surface area (Å²) in [6, 6.07) is 10.0. The molecule has 128 valence electrons. The molecular formula is C19H26N4O. The molecule has 2 aromatic rings. The van der Waals surface area contributed by atoms with Gasteiger partial charge in [0, 0.05) is 17.8 Å². The van der Waals surface area contributed by atoms with Crippen LogP contribution < -0.4 is 10.6 Å². The SMILES string of the molecule is CCC(C)NC(=O)c1cc(Nc2ccc(C(C)C)cc2)nc(C)n1. The Hall–Kier alpha value is -2.43. The third kappa shape index (κ3) is 4.78. The van der Waals surface area contributed by atoms with Crippen molar-refractivity contribution in [2.45, 2.75) is 53.0 Å². The normalized spacial score (nSPS) is 12.1. The monoisotopic (exact) mass is 326 g/mol. The minimum Gasteiger partial charge on any atom is -0.348 e. The van der Waals surface area contributed by atoms with Gasteiger partial charge in [0.1, 0.15) is 17.3 Å². The van der Waals surface area contributed by atoms with Crippen molar-refractivity contribution in [2.24, 2.45) is 0 Å². The third-order valence-corrected chi connectivity index (χ3v) is 3.91. The molecule has 24 heavy (non-hydrogen) atoms. The predicted molar refractivity (Wildman–Crippen MR) is 97.8 cm³/mol. The van der Waals surface area contributed by atoms with Crippen LogP contribution in [0.5, 0.6) is 0 Å². The van der Waals surface area contributed by atoms with Gasteiger partial charge in [0.2, 0.25) is 0 Å². The molecule has 1 aromatic heterocycles. The zero-order valence-corrected chi connectivity index (χ0v) is 15.1. The fraction of sp³-hybridized carbons (Fsp3) is 0.421. The lowest BCUT2D eigenvalue weighted by molar-refractivity contribution is 0.0934. The molecule has 5 heteroatoms. The van der Waals surface area contributed by atoms with E-state index < -0.39 is 0 Å². The van der Waals surface area contributed by atoms with E-state index >= 15 is 0 Å². The molecule has 0 saturated carbocycles. The minimum atomic E-state index is -0.173. The molecular weight excluding hydrogens is 300 g/mol. The van der Waals surface area contributed by atoms with Crippen LogP contribution in [0.15, 0.2) is 30.3 Å². The molecule has 0 fully saturated rings. The standard InChI is InChI=1S/C19H26N4O/c1-6-13(4)20-19(24)17-11-18(22-14(5)21-17)23-16-9-7-15(8-10-16)12(2)3/h7-13H,6H2,1-5H3,(H,20,24)(H,21,22,23). The first-order chi connectivity index (χ1) is 11.4. The van der Waals surface area contributed by atoms with Crippen LogP contribution in [-0.4, -0.2) is 21.9 Å². The molecule has 5 nitrogen and oxygen atoms in total. The fourth-order valence-electron chi connectivity index (χ4n) is 2.25. The van der Waals surface area contributed by atoms with E-state index in [-0.39, 0.29) is 11.9 Å². The first-order valence-corrected chi connectivity index (χ1v) is 8.42. The Bertz CT molecular complexity index is 695. The number of aryl methyl sites for hydroxylation is 1. The van der Waals surface area contributed by atoms with Crippen LogP contribution in [-0.2, 0) is 0 Å². The Morgan fingerprint density at radius 3 is 2.38 bits per heavy atom. The van der Waals surface area contributed by atoms with Gasteiger partial charge in [-0.05, 0) is 43.9 Å². The summed E-state index contributed by atoms with van der Waals surface area (Å²) in [6.45, 7) is 10.1. The van der Waals surface area contributed by atoms with Crippen LogP contribution in [0, 0.1) is 6.92 Å². The van der Waals surface area contributed by atoms with Crippen molar-refractivity contribution < 1.29 is 4.79 Å². The fourth-order valence-corrected chi connectivity index (χ4v) is 2.25. The van der Waals surface area contributed by atoms with Gasteiger partial charge in [0.15, 0.2) is 0 Å². The molecule has 1 atom stereocenters. The van der Waals surface area contributed by atoms with Crippen LogP contribution in [0.3, 0.4) is 0 Å². The maximum absolute atomic E-state index is 12.3. The second kappa shape index (κ2) is 7.90. The molecule has 0 bridgehead atoms. The number of nitrogens with one attached hydrogen (secondary N) is 2. The molecule has 2 N–H and O–H groups in total. The average molecular weight is 326 g/mol. The maximum atomic E-state index is 12.3. The summed E-state index contributed by atoms with van der Waals surface area (Å²) in [5.74, 6) is 1.51. The van der Waals surface area contributed by atoms with Crippen LogP contribution >= 0.6 is 0 Å². The number of anilines is 2. The van der Waals surface area contributed by atoms with E-state index in [0.717, 1.165) is 12.1 Å². The molecule has 0 aliphatic rings. The number of rotatable bonds is 6. The smallest absolute Gasteiger partial charge is 0.270 e. The van der Waals surface area contributed by atoms with Crippen LogP contribution in [0.2, 0.25) is 0 Å². The summed E-state index contributed by atoms with van der Waals surface area (Å²) < 4.78 is 0. The highest BCUT2D eigenvalue weighted by Gasteiger charge is 2.12. The molecule has 1 unspecified atom stereocenters. The molecule has 0 radical (unpaired) electrons. The third-order valence-electron chi connectivity index (χ3n) is 3.91. The number of carbonyl (C=O) groups is 1. The van der Waals surface area contributed by atoms with E-state index in [0.29, 0.717) is 23.3 Å². The summed E-state index contributed by atoms with van der Waals surface area (Å²) in [4.78, 5) is 20.9. The van der Waals surface area contributed by atoms with Crippen LogP contribution in [0.4, 0.5) is 11.5 Å². The van der Waals surface area contributed by atoms with E-state index in [4.69, 9.17) is 0 Å². The lowest BCUT2D eigenvalue weighted by atomic mass is 10.0. The molecule has 0 saturated heterocycles. The summed E-state index contributed by atoms with van der Waals surface area (Å²) in [7, 11) is 0. The van der Waals surface area contributed by atoms with Crippen molar-refractivity contribution in [3.05, 3.63) is 47.4 Å². The number of benzene rings is 1. The van der Waals surface area contributed by atoms with E-state index in [1.165, 1.54) is 5.56 Å². The van der Waals surface area contributed by atoms with E-state index in [9.17, 15) is 4.79 Å². The molecule has 2 rings (SSSR count). The zero-order chi connectivity index (χ0) is 17.7. The van der Waals surface area contributed by atoms with Crippen molar-refractivity contribution >= 4 is 17.4 Å². The van der Waals surface area contributed by atoms with E-state index in [1.54, 1.807) is 13.0 Å². The molecule has 0 aliphatic heterocycles. The number of nitrogens with zero attached hydrogens (tertiary/aromatic N) is 2. The van der Waals surface area contributed by atoms with Gasteiger partial charge in [-0.15, -0.1) is 0 Å². The van der Waals surface area contributed by atoms with Crippen molar-refractivity contribution in [1.29, 1.82) is 0 Å². The van der Waals surface area contributed by atoms with Crippen molar-refractivity contribution in [3.63, 3.8) is 0 Å². The minimum absolute atomic E-state index is 0.118. The summed E-state index contributed by atoms with van der Waals surface area (Å²) >= 11 is 0. The highest BCUT2D eigenvalue weighted by atomic mass is 16.1. The number of hydrogen-bond donors (Lipinski definition) is 2. The highest BCUT2D eigenvalue weighted by Crippen LogP contribution is 2.20. The lowest BCUT2D eigenvalue weighted by Crippen LogP contribution is -2.32. The first kappa shape index (κ1) is 17.9. The first-order valence-electron chi connectivity index (χ1n) is 8.42. The number of amides is 1. The van der Waals surface area contributed by atoms with Gasteiger partial charge >= 0.3 is 0 Å². The summed E-state index contributed by atoms with van der Waals surface area (Å²) in [5, 5.41) is 6.17. The van der Waals surface area contributed by atoms with Crippen molar-refractivity contribution in [1.82, 2.24) is 15.3 Å². The Balaban J connectivity index is 2.17. The lowest BCUT2D eigenvalue weighted by Gasteiger charge is -2.13. The largest absolute Gasteiger partial charge is 0.348 e. The van der Waals surface area contributed by atoms with Crippen molar-refractivity contribution in [3.8, 4) is 0 Å². The van der Waals surface area contributed by atoms with E-state index in [1.807, 2.05) is 26.0 Å².